The molecular formula is C18H20N4O4S. The van der Waals surface area contributed by atoms with Crippen molar-refractivity contribution in [3.05, 3.63) is 60.4 Å². The van der Waals surface area contributed by atoms with Crippen LogP contribution in [0.2, 0.25) is 0 Å². The van der Waals surface area contributed by atoms with Gasteiger partial charge in [0.05, 0.1) is 19.9 Å². The van der Waals surface area contributed by atoms with Crippen LogP contribution in [0.5, 0.6) is 11.5 Å². The number of benzene rings is 2. The summed E-state index contributed by atoms with van der Waals surface area (Å²) in [7, 11) is -0.792. The molecule has 0 spiro atoms. The number of aromatic nitrogens is 2. The Morgan fingerprint density at radius 1 is 1.15 bits per heavy atom. The van der Waals surface area contributed by atoms with Crippen molar-refractivity contribution in [3.8, 4) is 17.2 Å². The second-order valence-electron chi connectivity index (χ2n) is 5.68. The molecule has 0 aliphatic rings. The number of nitrogen functional groups attached to an aromatic ring is 1. The van der Waals surface area contributed by atoms with Crippen molar-refractivity contribution in [2.24, 2.45) is 0 Å². The molecule has 1 aromatic heterocycles. The number of hydrogen-bond donors (Lipinski definition) is 2. The molecule has 3 aromatic rings. The standard InChI is InChI=1S/C18H20N4O4S/c1-25-15-6-4-13(17(11-15)26-2)12-21-27(23,24)18-10-14(19)5-7-16(18)22-9-3-8-20-22/h3-11,21H,12,19H2,1-2H3. The summed E-state index contributed by atoms with van der Waals surface area (Å²) in [6.07, 6.45) is 3.24. The SMILES string of the molecule is COc1ccc(CNS(=O)(=O)c2cc(N)ccc2-n2cccn2)c(OC)c1. The fourth-order valence-corrected chi connectivity index (χ4v) is 3.82. The van der Waals surface area contributed by atoms with Crippen LogP contribution in [-0.4, -0.2) is 32.4 Å². The average molecular weight is 388 g/mol. The highest BCUT2D eigenvalue weighted by atomic mass is 32.2. The number of ether oxygens (including phenoxy) is 2. The van der Waals surface area contributed by atoms with Crippen LogP contribution >= 0.6 is 0 Å². The highest BCUT2D eigenvalue weighted by Crippen LogP contribution is 2.26. The maximum Gasteiger partial charge on any atom is 0.243 e. The molecule has 0 saturated carbocycles. The Balaban J connectivity index is 1.91. The van der Waals surface area contributed by atoms with E-state index in [1.54, 1.807) is 55.9 Å². The number of anilines is 1. The predicted octanol–water partition coefficient (Wildman–Crippen LogP) is 1.95. The summed E-state index contributed by atoms with van der Waals surface area (Å²) in [4.78, 5) is 0.0404. The molecule has 0 fully saturated rings. The van der Waals surface area contributed by atoms with Crippen LogP contribution in [0.25, 0.3) is 5.69 Å². The zero-order valence-electron chi connectivity index (χ0n) is 14.9. The smallest absolute Gasteiger partial charge is 0.243 e. The van der Waals surface area contributed by atoms with E-state index in [1.807, 2.05) is 0 Å². The van der Waals surface area contributed by atoms with Gasteiger partial charge in [-0.05, 0) is 30.3 Å². The summed E-state index contributed by atoms with van der Waals surface area (Å²) in [5, 5.41) is 4.10. The third-order valence-corrected chi connectivity index (χ3v) is 5.40. The summed E-state index contributed by atoms with van der Waals surface area (Å²) in [6, 6.07) is 11.5. The van der Waals surface area contributed by atoms with Gasteiger partial charge in [0.2, 0.25) is 10.0 Å². The zero-order chi connectivity index (χ0) is 19.4. The van der Waals surface area contributed by atoms with Crippen LogP contribution in [0.1, 0.15) is 5.56 Å². The maximum absolute atomic E-state index is 12.9. The lowest BCUT2D eigenvalue weighted by molar-refractivity contribution is 0.390. The van der Waals surface area contributed by atoms with Gasteiger partial charge in [-0.1, -0.05) is 6.07 Å². The first-order valence-electron chi connectivity index (χ1n) is 8.04. The monoisotopic (exact) mass is 388 g/mol. The first-order valence-corrected chi connectivity index (χ1v) is 9.53. The summed E-state index contributed by atoms with van der Waals surface area (Å²) in [5.41, 5.74) is 7.23. The fourth-order valence-electron chi connectivity index (χ4n) is 2.59. The first-order chi connectivity index (χ1) is 12.9. The number of hydrogen-bond acceptors (Lipinski definition) is 6. The minimum atomic E-state index is -3.86. The molecule has 0 aliphatic carbocycles. The highest BCUT2D eigenvalue weighted by Gasteiger charge is 2.21. The second-order valence-corrected chi connectivity index (χ2v) is 7.42. The number of sulfonamides is 1. The lowest BCUT2D eigenvalue weighted by Crippen LogP contribution is -2.25. The summed E-state index contributed by atoms with van der Waals surface area (Å²) < 4.78 is 40.4. The van der Waals surface area contributed by atoms with Crippen molar-refractivity contribution in [1.29, 1.82) is 0 Å². The van der Waals surface area contributed by atoms with Gasteiger partial charge in [0.15, 0.2) is 0 Å². The molecule has 0 amide bonds. The normalized spacial score (nSPS) is 11.3. The Labute approximate surface area is 157 Å². The molecule has 27 heavy (non-hydrogen) atoms. The van der Waals surface area contributed by atoms with E-state index in [2.05, 4.69) is 9.82 Å². The van der Waals surface area contributed by atoms with Gasteiger partial charge in [-0.2, -0.15) is 5.10 Å². The van der Waals surface area contributed by atoms with E-state index < -0.39 is 10.0 Å². The number of nitrogens with two attached hydrogens (primary N) is 1. The molecule has 8 nitrogen and oxygen atoms in total. The van der Waals surface area contributed by atoms with Crippen molar-refractivity contribution in [2.45, 2.75) is 11.4 Å². The first kappa shape index (κ1) is 18.7. The van der Waals surface area contributed by atoms with E-state index in [0.717, 1.165) is 0 Å². The molecule has 2 aromatic carbocycles. The van der Waals surface area contributed by atoms with Gasteiger partial charge in [-0.25, -0.2) is 17.8 Å². The highest BCUT2D eigenvalue weighted by molar-refractivity contribution is 7.89. The van der Waals surface area contributed by atoms with Gasteiger partial charge in [0, 0.05) is 36.3 Å². The van der Waals surface area contributed by atoms with Gasteiger partial charge in [-0.3, -0.25) is 0 Å². The summed E-state index contributed by atoms with van der Waals surface area (Å²) in [5.74, 6) is 1.15. The van der Waals surface area contributed by atoms with E-state index in [9.17, 15) is 8.42 Å². The third kappa shape index (κ3) is 4.04. The van der Waals surface area contributed by atoms with Gasteiger partial charge in [0.25, 0.3) is 0 Å². The molecule has 0 aliphatic heterocycles. The number of nitrogens with zero attached hydrogens (tertiary/aromatic N) is 2. The number of rotatable bonds is 7. The van der Waals surface area contributed by atoms with Gasteiger partial charge in [0.1, 0.15) is 16.4 Å². The Hall–Kier alpha value is -3.04. The minimum absolute atomic E-state index is 0.0404. The largest absolute Gasteiger partial charge is 0.497 e. The number of nitrogens with one attached hydrogen (secondary N) is 1. The van der Waals surface area contributed by atoms with E-state index >= 15 is 0 Å². The molecule has 0 saturated heterocycles. The van der Waals surface area contributed by atoms with Crippen molar-refractivity contribution in [3.63, 3.8) is 0 Å². The molecule has 0 bridgehead atoms. The van der Waals surface area contributed by atoms with Crippen molar-refractivity contribution in [2.75, 3.05) is 20.0 Å². The molecule has 9 heteroatoms. The average Bonchev–Trinajstić information content (AvgIpc) is 3.20. The molecular weight excluding hydrogens is 368 g/mol. The van der Waals surface area contributed by atoms with E-state index in [4.69, 9.17) is 15.2 Å². The van der Waals surface area contributed by atoms with Crippen molar-refractivity contribution in [1.82, 2.24) is 14.5 Å². The van der Waals surface area contributed by atoms with Crippen LogP contribution in [0.15, 0.2) is 59.8 Å². The Morgan fingerprint density at radius 2 is 1.96 bits per heavy atom. The topological polar surface area (TPSA) is 108 Å². The van der Waals surface area contributed by atoms with Crippen LogP contribution in [0.4, 0.5) is 5.69 Å². The van der Waals surface area contributed by atoms with Crippen LogP contribution < -0.4 is 19.9 Å². The zero-order valence-corrected chi connectivity index (χ0v) is 15.7. The lowest BCUT2D eigenvalue weighted by Gasteiger charge is -2.14. The van der Waals surface area contributed by atoms with Crippen molar-refractivity contribution < 1.29 is 17.9 Å². The molecule has 3 N–H and O–H groups in total. The Morgan fingerprint density at radius 3 is 2.63 bits per heavy atom. The maximum atomic E-state index is 12.9. The minimum Gasteiger partial charge on any atom is -0.497 e. The second kappa shape index (κ2) is 7.68. The quantitative estimate of drug-likeness (QED) is 0.599. The fraction of sp³-hybridized carbons (Fsp3) is 0.167. The van der Waals surface area contributed by atoms with E-state index in [-0.39, 0.29) is 11.4 Å². The molecule has 0 unspecified atom stereocenters. The number of methoxy groups -OCH3 is 2. The van der Waals surface area contributed by atoms with E-state index in [0.29, 0.717) is 28.4 Å². The lowest BCUT2D eigenvalue weighted by atomic mass is 10.2. The Kier molecular flexibility index (Phi) is 5.33. The van der Waals surface area contributed by atoms with Gasteiger partial charge < -0.3 is 15.2 Å². The summed E-state index contributed by atoms with van der Waals surface area (Å²) >= 11 is 0. The summed E-state index contributed by atoms with van der Waals surface area (Å²) in [6.45, 7) is 0.0445. The van der Waals surface area contributed by atoms with Crippen LogP contribution in [0.3, 0.4) is 0 Å². The molecule has 142 valence electrons. The van der Waals surface area contributed by atoms with Crippen LogP contribution in [0, 0.1) is 0 Å². The van der Waals surface area contributed by atoms with Gasteiger partial charge in [-0.15, -0.1) is 0 Å². The van der Waals surface area contributed by atoms with Crippen LogP contribution in [-0.2, 0) is 16.6 Å². The molecule has 0 atom stereocenters. The van der Waals surface area contributed by atoms with E-state index in [1.165, 1.54) is 17.9 Å². The third-order valence-electron chi connectivity index (χ3n) is 3.97. The molecule has 1 heterocycles. The Bertz CT molecular complexity index is 1030. The van der Waals surface area contributed by atoms with Gasteiger partial charge >= 0.3 is 0 Å². The molecule has 0 radical (unpaired) electrons. The van der Waals surface area contributed by atoms with Crippen molar-refractivity contribution >= 4 is 15.7 Å². The molecule has 3 rings (SSSR count). The predicted molar refractivity (Wildman–Crippen MR) is 102 cm³/mol.